The second kappa shape index (κ2) is 8.40. The largest absolute Gasteiger partial charge is 0.352 e. The number of benzene rings is 1. The van der Waals surface area contributed by atoms with Gasteiger partial charge in [-0.3, -0.25) is 4.79 Å². The van der Waals surface area contributed by atoms with Crippen LogP contribution in [0.2, 0.25) is 0 Å². The first-order valence-electron chi connectivity index (χ1n) is 8.15. The van der Waals surface area contributed by atoms with Crippen molar-refractivity contribution < 1.29 is 13.7 Å². The van der Waals surface area contributed by atoms with Gasteiger partial charge in [0, 0.05) is 31.0 Å². The predicted octanol–water partition coefficient (Wildman–Crippen LogP) is 2.39. The van der Waals surface area contributed by atoms with E-state index in [0.29, 0.717) is 41.7 Å². The normalized spacial score (nSPS) is 14.7. The molecule has 2 aromatic rings. The van der Waals surface area contributed by atoms with Gasteiger partial charge in [0.1, 0.15) is 5.82 Å². The predicted molar refractivity (Wildman–Crippen MR) is 93.7 cm³/mol. The minimum Gasteiger partial charge on any atom is -0.352 e. The summed E-state index contributed by atoms with van der Waals surface area (Å²) in [5.74, 6) is 0.814. The molecular weight excluding hydrogens is 347 g/mol. The maximum Gasteiger partial charge on any atom is 0.227 e. The zero-order valence-electron chi connectivity index (χ0n) is 14.0. The monoisotopic (exact) mass is 368 g/mol. The van der Waals surface area contributed by atoms with Crippen LogP contribution in [0.3, 0.4) is 0 Å². The summed E-state index contributed by atoms with van der Waals surface area (Å²) in [5.41, 5.74) is 6.78. The van der Waals surface area contributed by atoms with E-state index >= 15 is 0 Å². The first kappa shape index (κ1) is 19.3. The van der Waals surface area contributed by atoms with Gasteiger partial charge in [0.25, 0.3) is 0 Å². The molecular formula is C17H22ClFN4O2. The molecule has 1 aromatic carbocycles. The Hall–Kier alpha value is -1.99. The summed E-state index contributed by atoms with van der Waals surface area (Å²) in [6.45, 7) is 2.15. The molecule has 8 heteroatoms. The van der Waals surface area contributed by atoms with Gasteiger partial charge in [0.05, 0.1) is 0 Å². The van der Waals surface area contributed by atoms with Gasteiger partial charge in [0.2, 0.25) is 17.6 Å². The Morgan fingerprint density at radius 3 is 2.88 bits per heavy atom. The molecule has 136 valence electrons. The molecule has 1 aromatic heterocycles. The Morgan fingerprint density at radius 1 is 1.48 bits per heavy atom. The van der Waals surface area contributed by atoms with E-state index < -0.39 is 0 Å². The smallest absolute Gasteiger partial charge is 0.227 e. The molecule has 1 unspecified atom stereocenters. The number of nitrogens with one attached hydrogen (secondary N) is 1. The molecule has 25 heavy (non-hydrogen) atoms. The summed E-state index contributed by atoms with van der Waals surface area (Å²) in [6, 6.07) is 4.84. The highest BCUT2D eigenvalue weighted by atomic mass is 35.5. The SMILES string of the molecule is Cc1ccc(-c2noc(CCC(=O)NC(CN)C3CC3)n2)cc1F.Cl. The van der Waals surface area contributed by atoms with Gasteiger partial charge in [-0.1, -0.05) is 17.3 Å². The van der Waals surface area contributed by atoms with E-state index in [1.54, 1.807) is 19.1 Å². The maximum atomic E-state index is 13.6. The van der Waals surface area contributed by atoms with E-state index in [2.05, 4.69) is 15.5 Å². The molecule has 1 aliphatic carbocycles. The fraction of sp³-hybridized carbons (Fsp3) is 0.471. The van der Waals surface area contributed by atoms with E-state index in [4.69, 9.17) is 10.3 Å². The van der Waals surface area contributed by atoms with Gasteiger partial charge in [-0.25, -0.2) is 4.39 Å². The molecule has 1 fully saturated rings. The third-order valence-electron chi connectivity index (χ3n) is 4.26. The molecule has 0 spiro atoms. The van der Waals surface area contributed by atoms with Crippen molar-refractivity contribution in [3.05, 3.63) is 35.5 Å². The molecule has 3 rings (SSSR count). The van der Waals surface area contributed by atoms with Crippen molar-refractivity contribution in [1.82, 2.24) is 15.5 Å². The average molecular weight is 369 g/mol. The number of aryl methyl sites for hydroxylation is 2. The molecule has 6 nitrogen and oxygen atoms in total. The molecule has 0 radical (unpaired) electrons. The average Bonchev–Trinajstić information content (AvgIpc) is 3.31. The summed E-state index contributed by atoms with van der Waals surface area (Å²) in [7, 11) is 0. The highest BCUT2D eigenvalue weighted by Gasteiger charge is 2.31. The summed E-state index contributed by atoms with van der Waals surface area (Å²) >= 11 is 0. The fourth-order valence-corrected chi connectivity index (χ4v) is 2.57. The van der Waals surface area contributed by atoms with Crippen LogP contribution in [-0.4, -0.2) is 28.6 Å². The summed E-state index contributed by atoms with van der Waals surface area (Å²) in [5, 5.41) is 6.79. The highest BCUT2D eigenvalue weighted by Crippen LogP contribution is 2.32. The van der Waals surface area contributed by atoms with Gasteiger partial charge in [-0.05, 0) is 37.3 Å². The lowest BCUT2D eigenvalue weighted by Crippen LogP contribution is -2.41. The summed E-state index contributed by atoms with van der Waals surface area (Å²) in [4.78, 5) is 16.2. The number of carbonyl (C=O) groups excluding carboxylic acids is 1. The molecule has 1 heterocycles. The van der Waals surface area contributed by atoms with E-state index in [0.717, 1.165) is 12.8 Å². The van der Waals surface area contributed by atoms with Gasteiger partial charge in [-0.15, -0.1) is 12.4 Å². The number of halogens is 2. The quantitative estimate of drug-likeness (QED) is 0.782. The standard InChI is InChI=1S/C17H21FN4O2.ClH/c1-10-2-3-12(8-13(10)18)17-21-16(24-22-17)7-6-15(23)20-14(9-19)11-4-5-11;/h2-3,8,11,14H,4-7,9,19H2,1H3,(H,20,23);1H. The van der Waals surface area contributed by atoms with Crippen LogP contribution in [0.5, 0.6) is 0 Å². The highest BCUT2D eigenvalue weighted by molar-refractivity contribution is 5.85. The van der Waals surface area contributed by atoms with Gasteiger partial charge >= 0.3 is 0 Å². The topological polar surface area (TPSA) is 94.0 Å². The van der Waals surface area contributed by atoms with Crippen LogP contribution in [0.4, 0.5) is 4.39 Å². The van der Waals surface area contributed by atoms with E-state index in [-0.39, 0.29) is 36.6 Å². The molecule has 0 saturated heterocycles. The zero-order chi connectivity index (χ0) is 17.1. The number of nitrogens with two attached hydrogens (primary N) is 1. The Balaban J connectivity index is 0.00000225. The van der Waals surface area contributed by atoms with Crippen molar-refractivity contribution in [3.8, 4) is 11.4 Å². The number of carbonyl (C=O) groups is 1. The van der Waals surface area contributed by atoms with Gasteiger partial charge in [0.15, 0.2) is 0 Å². The van der Waals surface area contributed by atoms with Crippen LogP contribution in [0.25, 0.3) is 11.4 Å². The number of amides is 1. The van der Waals surface area contributed by atoms with E-state index in [9.17, 15) is 9.18 Å². The third-order valence-corrected chi connectivity index (χ3v) is 4.26. The molecule has 1 saturated carbocycles. The number of nitrogens with zero attached hydrogens (tertiary/aromatic N) is 2. The molecule has 1 aliphatic rings. The van der Waals surface area contributed by atoms with Crippen LogP contribution in [0.15, 0.2) is 22.7 Å². The third kappa shape index (κ3) is 4.99. The Labute approximate surface area is 151 Å². The van der Waals surface area contributed by atoms with Crippen LogP contribution < -0.4 is 11.1 Å². The van der Waals surface area contributed by atoms with Crippen molar-refractivity contribution in [2.75, 3.05) is 6.54 Å². The fourth-order valence-electron chi connectivity index (χ4n) is 2.57. The molecule has 1 amide bonds. The molecule has 0 aliphatic heterocycles. The maximum absolute atomic E-state index is 13.6. The van der Waals surface area contributed by atoms with E-state index in [1.165, 1.54) is 6.07 Å². The summed E-state index contributed by atoms with van der Waals surface area (Å²) in [6.07, 6.45) is 2.85. The first-order valence-corrected chi connectivity index (χ1v) is 8.15. The molecule has 1 atom stereocenters. The van der Waals surface area contributed by atoms with Crippen molar-refractivity contribution in [3.63, 3.8) is 0 Å². The van der Waals surface area contributed by atoms with Crippen molar-refractivity contribution >= 4 is 18.3 Å². The lowest BCUT2D eigenvalue weighted by Gasteiger charge is -2.15. The van der Waals surface area contributed by atoms with Crippen LogP contribution in [0.1, 0.15) is 30.7 Å². The number of rotatable bonds is 7. The minimum absolute atomic E-state index is 0. The number of aromatic nitrogens is 2. The lowest BCUT2D eigenvalue weighted by molar-refractivity contribution is -0.121. The van der Waals surface area contributed by atoms with E-state index in [1.807, 2.05) is 0 Å². The number of hydrogen-bond donors (Lipinski definition) is 2. The Morgan fingerprint density at radius 2 is 2.24 bits per heavy atom. The van der Waals surface area contributed by atoms with Crippen molar-refractivity contribution in [2.24, 2.45) is 11.7 Å². The first-order chi connectivity index (χ1) is 11.6. The van der Waals surface area contributed by atoms with Crippen LogP contribution >= 0.6 is 12.4 Å². The summed E-state index contributed by atoms with van der Waals surface area (Å²) < 4.78 is 18.7. The second-order valence-electron chi connectivity index (χ2n) is 6.22. The van der Waals surface area contributed by atoms with Crippen LogP contribution in [0, 0.1) is 18.7 Å². The molecule has 0 bridgehead atoms. The Bertz CT molecular complexity index is 733. The van der Waals surface area contributed by atoms with Gasteiger partial charge in [-0.2, -0.15) is 4.98 Å². The van der Waals surface area contributed by atoms with Crippen molar-refractivity contribution in [2.45, 2.75) is 38.6 Å². The Kier molecular flexibility index (Phi) is 6.50. The van der Waals surface area contributed by atoms with Crippen molar-refractivity contribution in [1.29, 1.82) is 0 Å². The second-order valence-corrected chi connectivity index (χ2v) is 6.22. The number of hydrogen-bond acceptors (Lipinski definition) is 5. The molecule has 3 N–H and O–H groups in total. The zero-order valence-corrected chi connectivity index (χ0v) is 14.8. The lowest BCUT2D eigenvalue weighted by atomic mass is 10.1. The van der Waals surface area contributed by atoms with Crippen LogP contribution in [-0.2, 0) is 11.2 Å². The minimum atomic E-state index is -0.314. The van der Waals surface area contributed by atoms with Gasteiger partial charge < -0.3 is 15.6 Å².